The highest BCUT2D eigenvalue weighted by Gasteiger charge is 2.06. The largest absolute Gasteiger partial charge is 0.396 e. The third-order valence-electron chi connectivity index (χ3n) is 1.84. The van der Waals surface area contributed by atoms with Crippen molar-refractivity contribution in [2.24, 2.45) is 9.98 Å². The number of hydrogen-bond acceptors (Lipinski definition) is 5. The second-order valence-corrected chi connectivity index (χ2v) is 2.88. The number of aliphatic imine (C=N–C) groups is 2. The molecule has 3 N–H and O–H groups in total. The second-order valence-electron chi connectivity index (χ2n) is 2.88. The van der Waals surface area contributed by atoms with Gasteiger partial charge in [0, 0.05) is 25.0 Å². The van der Waals surface area contributed by atoms with Crippen molar-refractivity contribution >= 4 is 23.8 Å². The number of nitrogen functional groups attached to an aromatic ring is 1. The van der Waals surface area contributed by atoms with Crippen LogP contribution >= 0.6 is 0 Å². The minimum Gasteiger partial charge on any atom is -0.396 e. The van der Waals surface area contributed by atoms with Crippen molar-refractivity contribution < 1.29 is 0 Å². The first kappa shape index (κ1) is 8.68. The maximum absolute atomic E-state index is 5.71. The van der Waals surface area contributed by atoms with Crippen LogP contribution < -0.4 is 11.1 Å². The Balaban J connectivity index is 2.10. The summed E-state index contributed by atoms with van der Waals surface area (Å²) in [5, 5.41) is 3.09. The van der Waals surface area contributed by atoms with Crippen molar-refractivity contribution in [3.8, 4) is 0 Å². The first-order valence-corrected chi connectivity index (χ1v) is 4.35. The molecule has 2 heterocycles. The predicted molar refractivity (Wildman–Crippen MR) is 57.7 cm³/mol. The first-order valence-electron chi connectivity index (χ1n) is 4.35. The number of anilines is 2. The molecule has 0 radical (unpaired) electrons. The maximum Gasteiger partial charge on any atom is 0.213 e. The molecule has 0 saturated heterocycles. The van der Waals surface area contributed by atoms with Crippen molar-refractivity contribution in [2.75, 3.05) is 11.1 Å². The van der Waals surface area contributed by atoms with Crippen molar-refractivity contribution in [1.82, 2.24) is 4.98 Å². The molecule has 0 unspecified atom stereocenters. The third-order valence-corrected chi connectivity index (χ3v) is 1.84. The van der Waals surface area contributed by atoms with Gasteiger partial charge in [-0.1, -0.05) is 0 Å². The molecule has 2 rings (SSSR count). The fourth-order valence-electron chi connectivity index (χ4n) is 1.16. The SMILES string of the molecule is Nc1cnccc1NC1N=CCC=N1. The second kappa shape index (κ2) is 3.87. The van der Waals surface area contributed by atoms with Crippen molar-refractivity contribution in [2.45, 2.75) is 12.7 Å². The Morgan fingerprint density at radius 2 is 2.14 bits per heavy atom. The molecule has 5 nitrogen and oxygen atoms in total. The molecule has 0 atom stereocenters. The topological polar surface area (TPSA) is 75.7 Å². The van der Waals surface area contributed by atoms with E-state index in [0.717, 1.165) is 12.1 Å². The van der Waals surface area contributed by atoms with Crippen LogP contribution in [0.5, 0.6) is 0 Å². The van der Waals surface area contributed by atoms with Gasteiger partial charge in [-0.05, 0) is 6.07 Å². The molecule has 1 aliphatic rings. The van der Waals surface area contributed by atoms with E-state index in [1.54, 1.807) is 18.5 Å². The van der Waals surface area contributed by atoms with E-state index in [2.05, 4.69) is 20.3 Å². The molecule has 0 saturated carbocycles. The zero-order chi connectivity index (χ0) is 9.80. The van der Waals surface area contributed by atoms with Crippen molar-refractivity contribution in [1.29, 1.82) is 0 Å². The van der Waals surface area contributed by atoms with Gasteiger partial charge in [0.15, 0.2) is 0 Å². The van der Waals surface area contributed by atoms with Gasteiger partial charge < -0.3 is 11.1 Å². The molecule has 72 valence electrons. The Morgan fingerprint density at radius 1 is 1.36 bits per heavy atom. The van der Waals surface area contributed by atoms with Gasteiger partial charge in [0.05, 0.1) is 17.6 Å². The van der Waals surface area contributed by atoms with Crippen LogP contribution in [-0.4, -0.2) is 23.7 Å². The minimum atomic E-state index is -0.256. The zero-order valence-electron chi connectivity index (χ0n) is 7.59. The smallest absolute Gasteiger partial charge is 0.213 e. The molecule has 0 amide bonds. The zero-order valence-corrected chi connectivity index (χ0v) is 7.59. The van der Waals surface area contributed by atoms with E-state index in [1.807, 2.05) is 12.4 Å². The van der Waals surface area contributed by atoms with Crippen LogP contribution in [0, 0.1) is 0 Å². The number of nitrogens with zero attached hydrogens (tertiary/aromatic N) is 3. The molecule has 0 aromatic carbocycles. The van der Waals surface area contributed by atoms with Gasteiger partial charge in [-0.2, -0.15) is 0 Å². The molecular formula is C9H11N5. The van der Waals surface area contributed by atoms with Gasteiger partial charge in [-0.25, -0.2) is 0 Å². The number of hydrogen-bond donors (Lipinski definition) is 2. The number of pyridine rings is 1. The molecule has 5 heteroatoms. The van der Waals surface area contributed by atoms with E-state index in [-0.39, 0.29) is 6.29 Å². The summed E-state index contributed by atoms with van der Waals surface area (Å²) in [6, 6.07) is 1.80. The number of aromatic nitrogens is 1. The third kappa shape index (κ3) is 1.87. The standard InChI is InChI=1S/C9H11N5/c10-7-6-11-5-2-8(7)14-9-12-3-1-4-13-9/h2-6,9H,1,10H2,(H,11,14). The van der Waals surface area contributed by atoms with Gasteiger partial charge >= 0.3 is 0 Å². The molecule has 0 bridgehead atoms. The van der Waals surface area contributed by atoms with Crippen molar-refractivity contribution in [3.63, 3.8) is 0 Å². The first-order chi connectivity index (χ1) is 6.86. The highest BCUT2D eigenvalue weighted by atomic mass is 15.2. The Bertz CT molecular complexity index is 359. The fourth-order valence-corrected chi connectivity index (χ4v) is 1.16. The van der Waals surface area contributed by atoms with Crippen LogP contribution in [0.1, 0.15) is 6.42 Å². The average molecular weight is 189 g/mol. The molecule has 1 aromatic rings. The molecule has 1 aliphatic heterocycles. The fraction of sp³-hybridized carbons (Fsp3) is 0.222. The highest BCUT2D eigenvalue weighted by molar-refractivity contribution is 5.81. The summed E-state index contributed by atoms with van der Waals surface area (Å²) in [7, 11) is 0. The Hall–Kier alpha value is -1.91. The summed E-state index contributed by atoms with van der Waals surface area (Å²) in [6.07, 6.45) is 7.45. The van der Waals surface area contributed by atoms with Crippen LogP contribution in [0.3, 0.4) is 0 Å². The lowest BCUT2D eigenvalue weighted by Gasteiger charge is -2.14. The predicted octanol–water partition coefficient (Wildman–Crippen LogP) is 0.905. The average Bonchev–Trinajstić information content (AvgIpc) is 2.23. The number of nitrogens with one attached hydrogen (secondary N) is 1. The quantitative estimate of drug-likeness (QED) is 0.725. The Morgan fingerprint density at radius 3 is 2.86 bits per heavy atom. The summed E-state index contributed by atoms with van der Waals surface area (Å²) in [5.41, 5.74) is 7.12. The summed E-state index contributed by atoms with van der Waals surface area (Å²) < 4.78 is 0. The molecule has 0 spiro atoms. The van der Waals surface area contributed by atoms with E-state index in [0.29, 0.717) is 5.69 Å². The number of rotatable bonds is 2. The van der Waals surface area contributed by atoms with E-state index < -0.39 is 0 Å². The van der Waals surface area contributed by atoms with Gasteiger partial charge in [-0.15, -0.1) is 0 Å². The Labute approximate surface area is 81.8 Å². The summed E-state index contributed by atoms with van der Waals surface area (Å²) in [6.45, 7) is 0. The summed E-state index contributed by atoms with van der Waals surface area (Å²) >= 11 is 0. The molecule has 1 aromatic heterocycles. The van der Waals surface area contributed by atoms with Gasteiger partial charge in [-0.3, -0.25) is 15.0 Å². The Kier molecular flexibility index (Phi) is 2.40. The summed E-state index contributed by atoms with van der Waals surface area (Å²) in [5.74, 6) is 0. The molecule has 0 fully saturated rings. The van der Waals surface area contributed by atoms with Crippen LogP contribution in [0.4, 0.5) is 11.4 Å². The monoisotopic (exact) mass is 189 g/mol. The molecule has 14 heavy (non-hydrogen) atoms. The normalized spacial score (nSPS) is 15.7. The van der Waals surface area contributed by atoms with Crippen LogP contribution in [-0.2, 0) is 0 Å². The highest BCUT2D eigenvalue weighted by Crippen LogP contribution is 2.17. The van der Waals surface area contributed by atoms with Crippen LogP contribution in [0.15, 0.2) is 28.4 Å². The van der Waals surface area contributed by atoms with E-state index in [4.69, 9.17) is 5.73 Å². The maximum atomic E-state index is 5.71. The van der Waals surface area contributed by atoms with Gasteiger partial charge in [0.2, 0.25) is 6.29 Å². The van der Waals surface area contributed by atoms with Gasteiger partial charge in [0.1, 0.15) is 0 Å². The van der Waals surface area contributed by atoms with Gasteiger partial charge in [0.25, 0.3) is 0 Å². The minimum absolute atomic E-state index is 0.256. The lowest BCUT2D eigenvalue weighted by molar-refractivity contribution is 0.808. The lowest BCUT2D eigenvalue weighted by Crippen LogP contribution is -2.18. The number of nitrogens with two attached hydrogens (primary N) is 1. The molecule has 0 aliphatic carbocycles. The summed E-state index contributed by atoms with van der Waals surface area (Å²) in [4.78, 5) is 12.2. The van der Waals surface area contributed by atoms with Crippen LogP contribution in [0.25, 0.3) is 0 Å². The van der Waals surface area contributed by atoms with Crippen LogP contribution in [0.2, 0.25) is 0 Å². The van der Waals surface area contributed by atoms with E-state index in [9.17, 15) is 0 Å². The van der Waals surface area contributed by atoms with E-state index in [1.165, 1.54) is 0 Å². The molecular weight excluding hydrogens is 178 g/mol. The van der Waals surface area contributed by atoms with E-state index >= 15 is 0 Å². The van der Waals surface area contributed by atoms with Crippen molar-refractivity contribution in [3.05, 3.63) is 18.5 Å². The lowest BCUT2D eigenvalue weighted by atomic mass is 10.3.